The number of aromatic nitrogens is 4. The second-order valence-electron chi connectivity index (χ2n) is 9.12. The van der Waals surface area contributed by atoms with E-state index in [1.807, 2.05) is 6.92 Å². The molecule has 0 aromatic carbocycles. The fourth-order valence-corrected chi connectivity index (χ4v) is 4.56. The van der Waals surface area contributed by atoms with Gasteiger partial charge in [0.05, 0.1) is 30.0 Å². The van der Waals surface area contributed by atoms with Crippen LogP contribution in [0.4, 0.5) is 17.3 Å². The van der Waals surface area contributed by atoms with E-state index in [1.165, 1.54) is 6.20 Å². The average Bonchev–Trinajstić information content (AvgIpc) is 3.26. The number of methoxy groups -OCH3 is 1. The van der Waals surface area contributed by atoms with Gasteiger partial charge in [-0.2, -0.15) is 9.61 Å². The highest BCUT2D eigenvalue weighted by atomic mass is 16.5. The summed E-state index contributed by atoms with van der Waals surface area (Å²) in [4.78, 5) is 30.7. The third-order valence-corrected chi connectivity index (χ3v) is 7.21. The number of fused-ring (bicyclic) bond motifs is 1. The molecule has 3 aromatic heterocycles. The van der Waals surface area contributed by atoms with Crippen LogP contribution in [0.5, 0.6) is 0 Å². The Hall–Kier alpha value is -3.44. The Kier molecular flexibility index (Phi) is 5.53. The summed E-state index contributed by atoms with van der Waals surface area (Å²) in [5, 5.41) is 23.5. The van der Waals surface area contributed by atoms with E-state index in [-0.39, 0.29) is 29.2 Å². The number of carbonyl (C=O) groups is 1. The van der Waals surface area contributed by atoms with Crippen LogP contribution < -0.4 is 21.5 Å². The minimum atomic E-state index is -0.512. The number of amides is 1. The minimum absolute atomic E-state index is 0.0883. The molecule has 2 aliphatic rings. The van der Waals surface area contributed by atoms with E-state index in [1.54, 1.807) is 47.6 Å². The molecule has 2 aliphatic carbocycles. The maximum atomic E-state index is 13.1. The van der Waals surface area contributed by atoms with E-state index in [4.69, 9.17) is 4.74 Å². The number of aliphatic hydroxyl groups excluding tert-OH is 1. The molecular weight excluding hydrogens is 438 g/mol. The lowest BCUT2D eigenvalue weighted by Crippen LogP contribution is -2.59. The largest absolute Gasteiger partial charge is 0.391 e. The van der Waals surface area contributed by atoms with Crippen molar-refractivity contribution in [2.45, 2.75) is 56.4 Å². The molecule has 4 atom stereocenters. The van der Waals surface area contributed by atoms with Gasteiger partial charge in [0.25, 0.3) is 11.5 Å². The number of rotatable bonds is 7. The van der Waals surface area contributed by atoms with Gasteiger partial charge in [-0.25, -0.2) is 4.98 Å². The predicted octanol–water partition coefficient (Wildman–Crippen LogP) is 1.67. The van der Waals surface area contributed by atoms with Crippen molar-refractivity contribution < 1.29 is 14.6 Å². The first-order valence-electron chi connectivity index (χ1n) is 11.4. The van der Waals surface area contributed by atoms with Crippen molar-refractivity contribution in [3.05, 3.63) is 46.5 Å². The van der Waals surface area contributed by atoms with Crippen LogP contribution in [0, 0.1) is 0 Å². The fourth-order valence-electron chi connectivity index (χ4n) is 4.56. The van der Waals surface area contributed by atoms with Crippen LogP contribution in [0.15, 0.2) is 35.4 Å². The van der Waals surface area contributed by atoms with Gasteiger partial charge in [0.1, 0.15) is 22.9 Å². The molecule has 0 saturated heterocycles. The maximum absolute atomic E-state index is 13.1. The molecule has 2 fully saturated rings. The lowest BCUT2D eigenvalue weighted by atomic mass is 9.76. The van der Waals surface area contributed by atoms with Gasteiger partial charge in [-0.15, -0.1) is 0 Å². The molecule has 3 aromatic rings. The van der Waals surface area contributed by atoms with Gasteiger partial charge in [-0.1, -0.05) is 0 Å². The van der Waals surface area contributed by atoms with Crippen molar-refractivity contribution in [2.24, 2.45) is 0 Å². The normalized spacial score (nSPS) is 25.9. The molecule has 0 bridgehead atoms. The summed E-state index contributed by atoms with van der Waals surface area (Å²) in [6.07, 6.45) is 5.83. The standard InChI is InChI=1S/C23H29N7O4/c1-23(34-3)9-8-17(23)27-21(32)13-12-25-30-19(24-2)11-18(28-20(13)30)26-14-5-4-10-29(22(14)33)15-6-7-16(15)31/h4-5,10-12,15-17,24,31H,6-9H2,1-3H3,(H,26,28)(H,27,32)/t15-,16-,17+,23+/m0/s1. The number of hydrogen-bond donors (Lipinski definition) is 4. The van der Waals surface area contributed by atoms with Gasteiger partial charge in [0.15, 0.2) is 5.65 Å². The third-order valence-electron chi connectivity index (χ3n) is 7.21. The first kappa shape index (κ1) is 22.4. The number of carbonyl (C=O) groups excluding carboxylic acids is 1. The number of hydrogen-bond acceptors (Lipinski definition) is 8. The van der Waals surface area contributed by atoms with Gasteiger partial charge in [-0.3, -0.25) is 9.59 Å². The van der Waals surface area contributed by atoms with Gasteiger partial charge >= 0.3 is 0 Å². The van der Waals surface area contributed by atoms with Crippen LogP contribution in [0.1, 0.15) is 49.0 Å². The van der Waals surface area contributed by atoms with Gasteiger partial charge in [0, 0.05) is 26.4 Å². The summed E-state index contributed by atoms with van der Waals surface area (Å²) < 4.78 is 8.65. The monoisotopic (exact) mass is 467 g/mol. The molecule has 11 heteroatoms. The molecule has 34 heavy (non-hydrogen) atoms. The van der Waals surface area contributed by atoms with Crippen molar-refractivity contribution in [2.75, 3.05) is 24.8 Å². The zero-order chi connectivity index (χ0) is 24.0. The zero-order valence-electron chi connectivity index (χ0n) is 19.4. The highest BCUT2D eigenvalue weighted by Gasteiger charge is 2.44. The lowest BCUT2D eigenvalue weighted by molar-refractivity contribution is -0.0828. The van der Waals surface area contributed by atoms with Crippen molar-refractivity contribution >= 4 is 28.9 Å². The first-order chi connectivity index (χ1) is 16.3. The quantitative estimate of drug-likeness (QED) is 0.412. The Labute approximate surface area is 196 Å². The number of pyridine rings is 1. The second kappa shape index (κ2) is 8.41. The zero-order valence-corrected chi connectivity index (χ0v) is 19.4. The average molecular weight is 468 g/mol. The smallest absolute Gasteiger partial charge is 0.274 e. The van der Waals surface area contributed by atoms with E-state index in [0.717, 1.165) is 19.3 Å². The van der Waals surface area contributed by atoms with E-state index in [9.17, 15) is 14.7 Å². The van der Waals surface area contributed by atoms with Crippen molar-refractivity contribution in [1.82, 2.24) is 24.5 Å². The Balaban J connectivity index is 1.46. The molecule has 3 heterocycles. The van der Waals surface area contributed by atoms with E-state index < -0.39 is 6.10 Å². The lowest BCUT2D eigenvalue weighted by Gasteiger charge is -2.45. The first-order valence-corrected chi connectivity index (χ1v) is 11.4. The van der Waals surface area contributed by atoms with Gasteiger partial charge < -0.3 is 30.4 Å². The summed E-state index contributed by atoms with van der Waals surface area (Å²) in [5.41, 5.74) is 0.394. The van der Waals surface area contributed by atoms with Crippen LogP contribution in [0.25, 0.3) is 5.65 Å². The SMILES string of the molecule is CNc1cc(Nc2cccn([C@H]3CC[C@@H]3O)c2=O)nc2c(C(=O)N[C@@H]3CC[C@@]3(C)OC)cnn12. The number of nitrogens with zero attached hydrogens (tertiary/aromatic N) is 4. The maximum Gasteiger partial charge on any atom is 0.274 e. The molecule has 5 rings (SSSR count). The fraction of sp³-hybridized carbons (Fsp3) is 0.478. The van der Waals surface area contributed by atoms with Crippen LogP contribution in [0.3, 0.4) is 0 Å². The molecule has 0 spiro atoms. The van der Waals surface area contributed by atoms with Crippen molar-refractivity contribution in [3.63, 3.8) is 0 Å². The highest BCUT2D eigenvalue weighted by Crippen LogP contribution is 2.35. The molecule has 4 N–H and O–H groups in total. The summed E-state index contributed by atoms with van der Waals surface area (Å²) in [6, 6.07) is 4.84. The number of ether oxygens (including phenoxy) is 1. The van der Waals surface area contributed by atoms with Crippen LogP contribution >= 0.6 is 0 Å². The van der Waals surface area contributed by atoms with Crippen LogP contribution in [-0.2, 0) is 4.74 Å². The molecule has 1 amide bonds. The van der Waals surface area contributed by atoms with E-state index in [0.29, 0.717) is 35.0 Å². The molecule has 0 aliphatic heterocycles. The summed E-state index contributed by atoms with van der Waals surface area (Å²) in [7, 11) is 3.39. The third kappa shape index (κ3) is 3.61. The topological polar surface area (TPSA) is 135 Å². The number of anilines is 3. The van der Waals surface area contributed by atoms with Crippen LogP contribution in [0.2, 0.25) is 0 Å². The Morgan fingerprint density at radius 3 is 2.76 bits per heavy atom. The molecular formula is C23H29N7O4. The molecule has 0 unspecified atom stereocenters. The van der Waals surface area contributed by atoms with E-state index in [2.05, 4.69) is 26.0 Å². The van der Waals surface area contributed by atoms with Gasteiger partial charge in [-0.05, 0) is 44.7 Å². The highest BCUT2D eigenvalue weighted by molar-refractivity contribution is 6.00. The number of aliphatic hydroxyl groups is 1. The minimum Gasteiger partial charge on any atom is -0.391 e. The van der Waals surface area contributed by atoms with Crippen molar-refractivity contribution in [3.8, 4) is 0 Å². The Morgan fingerprint density at radius 1 is 1.32 bits per heavy atom. The Bertz CT molecular complexity index is 1300. The Morgan fingerprint density at radius 2 is 2.15 bits per heavy atom. The summed E-state index contributed by atoms with van der Waals surface area (Å²) in [5.74, 6) is 0.707. The summed E-state index contributed by atoms with van der Waals surface area (Å²) >= 11 is 0. The number of nitrogens with one attached hydrogen (secondary N) is 3. The molecule has 180 valence electrons. The van der Waals surface area contributed by atoms with Gasteiger partial charge in [0.2, 0.25) is 0 Å². The molecule has 2 saturated carbocycles. The van der Waals surface area contributed by atoms with Crippen molar-refractivity contribution in [1.29, 1.82) is 0 Å². The van der Waals surface area contributed by atoms with Crippen LogP contribution in [-0.4, -0.2) is 62.1 Å². The molecule has 0 radical (unpaired) electrons. The summed E-state index contributed by atoms with van der Waals surface area (Å²) in [6.45, 7) is 1.98. The predicted molar refractivity (Wildman–Crippen MR) is 127 cm³/mol. The molecule has 11 nitrogen and oxygen atoms in total. The second-order valence-corrected chi connectivity index (χ2v) is 9.12. The van der Waals surface area contributed by atoms with E-state index >= 15 is 0 Å².